The minimum Gasteiger partial charge on any atom is -0.354 e. The number of rotatable bonds is 7. The van der Waals surface area contributed by atoms with E-state index in [9.17, 15) is 18.0 Å². The van der Waals surface area contributed by atoms with Crippen molar-refractivity contribution in [2.24, 2.45) is 5.10 Å². The molecule has 2 heterocycles. The highest BCUT2D eigenvalue weighted by Gasteiger charge is 2.30. The van der Waals surface area contributed by atoms with Gasteiger partial charge in [-0.1, -0.05) is 31.5 Å². The Labute approximate surface area is 194 Å². The molecule has 0 saturated carbocycles. The van der Waals surface area contributed by atoms with E-state index in [0.29, 0.717) is 22.4 Å². The summed E-state index contributed by atoms with van der Waals surface area (Å²) in [5.74, 6) is -0.413. The summed E-state index contributed by atoms with van der Waals surface area (Å²) in [6.45, 7) is 2.13. The van der Waals surface area contributed by atoms with Gasteiger partial charge in [-0.3, -0.25) is 9.78 Å². The van der Waals surface area contributed by atoms with Gasteiger partial charge in [-0.15, -0.1) is 0 Å². The molecule has 4 rings (SSSR count). The lowest BCUT2D eigenvalue weighted by atomic mass is 10.0. The summed E-state index contributed by atoms with van der Waals surface area (Å²) in [6.07, 6.45) is 3.14. The number of aromatic amines is 1. The third-order valence-corrected chi connectivity index (χ3v) is 5.51. The number of carbonyl (C=O) groups excluding carboxylic acids is 1. The van der Waals surface area contributed by atoms with Crippen LogP contribution in [0.1, 0.15) is 46.8 Å². The maximum atomic E-state index is 13.0. The Balaban J connectivity index is 1.72. The Morgan fingerprint density at radius 1 is 1.15 bits per heavy atom. The molecule has 2 aromatic carbocycles. The zero-order chi connectivity index (χ0) is 24.1. The van der Waals surface area contributed by atoms with Crippen LogP contribution in [0.5, 0.6) is 0 Å². The van der Waals surface area contributed by atoms with Crippen LogP contribution in [0.4, 0.5) is 13.2 Å². The van der Waals surface area contributed by atoms with Crippen LogP contribution in [0, 0.1) is 0 Å². The summed E-state index contributed by atoms with van der Waals surface area (Å²) in [5, 5.41) is 5.00. The van der Waals surface area contributed by atoms with Gasteiger partial charge in [0.1, 0.15) is 0 Å². The molecule has 4 aromatic rings. The zero-order valence-corrected chi connectivity index (χ0v) is 18.5. The summed E-state index contributed by atoms with van der Waals surface area (Å²) < 4.78 is 39.1. The van der Waals surface area contributed by atoms with Crippen molar-refractivity contribution in [3.8, 4) is 11.3 Å². The standard InChI is InChI=1S/C26H23F3N4O/c1-2-3-5-17-7-12-23-21(14-17)22(16-31-33-25(34)19-6-4-13-30-15-19)24(32-23)18-8-10-20(11-9-18)26(27,28)29/h4,6-16,32H,2-3,5H2,1H3,(H,33,34)/b31-16+. The number of nitrogens with zero attached hydrogens (tertiary/aromatic N) is 2. The molecule has 0 aliphatic heterocycles. The van der Waals surface area contributed by atoms with Gasteiger partial charge in [0.2, 0.25) is 0 Å². The smallest absolute Gasteiger partial charge is 0.354 e. The second-order valence-electron chi connectivity index (χ2n) is 7.91. The van der Waals surface area contributed by atoms with E-state index in [0.717, 1.165) is 47.9 Å². The van der Waals surface area contributed by atoms with Gasteiger partial charge in [-0.05, 0) is 60.4 Å². The summed E-state index contributed by atoms with van der Waals surface area (Å²) >= 11 is 0. The number of amides is 1. The van der Waals surface area contributed by atoms with E-state index in [1.165, 1.54) is 24.5 Å². The quantitative estimate of drug-likeness (QED) is 0.247. The number of pyridine rings is 1. The number of fused-ring (bicyclic) bond motifs is 1. The summed E-state index contributed by atoms with van der Waals surface area (Å²) in [4.78, 5) is 19.5. The van der Waals surface area contributed by atoms with E-state index < -0.39 is 17.6 Å². The molecule has 2 aromatic heterocycles. The topological polar surface area (TPSA) is 70.1 Å². The molecule has 0 spiro atoms. The van der Waals surface area contributed by atoms with Crippen LogP contribution < -0.4 is 5.43 Å². The summed E-state index contributed by atoms with van der Waals surface area (Å²) in [5.41, 5.74) is 6.00. The normalized spacial score (nSPS) is 11.9. The molecular formula is C26H23F3N4O. The Kier molecular flexibility index (Phi) is 6.77. The van der Waals surface area contributed by atoms with Crippen molar-refractivity contribution >= 4 is 23.0 Å². The molecule has 0 aliphatic rings. The molecule has 5 nitrogen and oxygen atoms in total. The highest BCUT2D eigenvalue weighted by molar-refractivity contribution is 6.06. The summed E-state index contributed by atoms with van der Waals surface area (Å²) in [7, 11) is 0. The van der Waals surface area contributed by atoms with Gasteiger partial charge in [0.25, 0.3) is 5.91 Å². The lowest BCUT2D eigenvalue weighted by molar-refractivity contribution is -0.137. The fraction of sp³-hybridized carbons (Fsp3) is 0.192. The number of nitrogens with one attached hydrogen (secondary N) is 2. The molecule has 0 atom stereocenters. The highest BCUT2D eigenvalue weighted by Crippen LogP contribution is 2.34. The fourth-order valence-corrected chi connectivity index (χ4v) is 3.70. The first-order chi connectivity index (χ1) is 16.4. The van der Waals surface area contributed by atoms with Gasteiger partial charge in [0.05, 0.1) is 23.0 Å². The molecule has 174 valence electrons. The number of hydrazone groups is 1. The molecule has 0 unspecified atom stereocenters. The fourth-order valence-electron chi connectivity index (χ4n) is 3.70. The number of aryl methyl sites for hydroxylation is 1. The number of benzene rings is 2. The van der Waals surface area contributed by atoms with Crippen molar-refractivity contribution in [2.45, 2.75) is 32.4 Å². The molecule has 0 fully saturated rings. The van der Waals surface area contributed by atoms with Crippen LogP contribution in [-0.4, -0.2) is 22.1 Å². The Hall–Kier alpha value is -3.94. The first kappa shape index (κ1) is 23.2. The third-order valence-electron chi connectivity index (χ3n) is 5.51. The van der Waals surface area contributed by atoms with Crippen molar-refractivity contribution in [1.29, 1.82) is 0 Å². The molecule has 0 saturated heterocycles. The Morgan fingerprint density at radius 2 is 1.94 bits per heavy atom. The first-order valence-electron chi connectivity index (χ1n) is 10.9. The van der Waals surface area contributed by atoms with E-state index in [-0.39, 0.29) is 0 Å². The third kappa shape index (κ3) is 5.17. The maximum absolute atomic E-state index is 13.0. The lowest BCUT2D eigenvalue weighted by Gasteiger charge is -2.07. The maximum Gasteiger partial charge on any atom is 0.416 e. The number of H-pyrrole nitrogens is 1. The van der Waals surface area contributed by atoms with Crippen molar-refractivity contribution < 1.29 is 18.0 Å². The van der Waals surface area contributed by atoms with Crippen LogP contribution in [0.3, 0.4) is 0 Å². The number of unbranched alkanes of at least 4 members (excludes halogenated alkanes) is 1. The number of alkyl halides is 3. The minimum atomic E-state index is -4.41. The predicted octanol–water partition coefficient (Wildman–Crippen LogP) is 6.36. The van der Waals surface area contributed by atoms with E-state index in [1.807, 2.05) is 12.1 Å². The van der Waals surface area contributed by atoms with Gasteiger partial charge in [-0.2, -0.15) is 18.3 Å². The molecule has 1 amide bonds. The monoisotopic (exact) mass is 464 g/mol. The van der Waals surface area contributed by atoms with Crippen LogP contribution in [0.25, 0.3) is 22.2 Å². The zero-order valence-electron chi connectivity index (χ0n) is 18.5. The van der Waals surface area contributed by atoms with E-state index >= 15 is 0 Å². The molecular weight excluding hydrogens is 441 g/mol. The van der Waals surface area contributed by atoms with Crippen molar-refractivity contribution in [3.63, 3.8) is 0 Å². The number of halogens is 3. The molecule has 0 radical (unpaired) electrons. The van der Waals surface area contributed by atoms with Gasteiger partial charge < -0.3 is 4.98 Å². The van der Waals surface area contributed by atoms with E-state index in [2.05, 4.69) is 33.5 Å². The van der Waals surface area contributed by atoms with E-state index in [1.54, 1.807) is 18.3 Å². The number of hydrogen-bond donors (Lipinski definition) is 2. The predicted molar refractivity (Wildman–Crippen MR) is 127 cm³/mol. The molecule has 8 heteroatoms. The number of carbonyl (C=O) groups is 1. The van der Waals surface area contributed by atoms with Crippen molar-refractivity contribution in [2.75, 3.05) is 0 Å². The van der Waals surface area contributed by atoms with Gasteiger partial charge >= 0.3 is 6.18 Å². The SMILES string of the molecule is CCCCc1ccc2[nH]c(-c3ccc(C(F)(F)F)cc3)c(/C=N/NC(=O)c3cccnc3)c2c1. The lowest BCUT2D eigenvalue weighted by Crippen LogP contribution is -2.17. The van der Waals surface area contributed by atoms with Crippen LogP contribution in [-0.2, 0) is 12.6 Å². The number of hydrogen-bond acceptors (Lipinski definition) is 3. The molecule has 34 heavy (non-hydrogen) atoms. The highest BCUT2D eigenvalue weighted by atomic mass is 19.4. The van der Waals surface area contributed by atoms with Crippen molar-refractivity contribution in [3.05, 3.63) is 89.2 Å². The molecule has 2 N–H and O–H groups in total. The van der Waals surface area contributed by atoms with E-state index in [4.69, 9.17) is 0 Å². The minimum absolute atomic E-state index is 0.364. The molecule has 0 bridgehead atoms. The Morgan fingerprint density at radius 3 is 2.62 bits per heavy atom. The Bertz CT molecular complexity index is 1310. The van der Waals surface area contributed by atoms with Crippen LogP contribution >= 0.6 is 0 Å². The largest absolute Gasteiger partial charge is 0.416 e. The second-order valence-corrected chi connectivity index (χ2v) is 7.91. The summed E-state index contributed by atoms with van der Waals surface area (Å²) in [6, 6.07) is 14.3. The van der Waals surface area contributed by atoms with Crippen molar-refractivity contribution in [1.82, 2.24) is 15.4 Å². The van der Waals surface area contributed by atoms with Gasteiger partial charge in [-0.25, -0.2) is 5.43 Å². The van der Waals surface area contributed by atoms with Gasteiger partial charge in [0, 0.05) is 28.9 Å². The number of aromatic nitrogens is 2. The van der Waals surface area contributed by atoms with Crippen LogP contribution in [0.15, 0.2) is 72.1 Å². The average molecular weight is 464 g/mol. The van der Waals surface area contributed by atoms with Crippen LogP contribution in [0.2, 0.25) is 0 Å². The first-order valence-corrected chi connectivity index (χ1v) is 10.9. The molecule has 0 aliphatic carbocycles. The van der Waals surface area contributed by atoms with Gasteiger partial charge in [0.15, 0.2) is 0 Å². The second kappa shape index (κ2) is 9.91. The average Bonchev–Trinajstić information content (AvgIpc) is 3.20.